The van der Waals surface area contributed by atoms with Crippen molar-refractivity contribution in [3.05, 3.63) is 58.9 Å². The SMILES string of the molecule is [CH2]C1Cc2cccc(-c3cc(Cl)cc(Cl)c3)c2O1. The number of halogens is 2. The maximum atomic E-state index is 6.04. The van der Waals surface area contributed by atoms with Crippen LogP contribution in [0.1, 0.15) is 5.56 Å². The summed E-state index contributed by atoms with van der Waals surface area (Å²) in [5.41, 5.74) is 3.17. The average molecular weight is 278 g/mol. The molecule has 91 valence electrons. The van der Waals surface area contributed by atoms with Crippen molar-refractivity contribution >= 4 is 23.2 Å². The zero-order chi connectivity index (χ0) is 12.7. The number of para-hydroxylation sites is 1. The first kappa shape index (κ1) is 11.9. The van der Waals surface area contributed by atoms with Gasteiger partial charge in [0, 0.05) is 22.0 Å². The van der Waals surface area contributed by atoms with Gasteiger partial charge in [-0.3, -0.25) is 0 Å². The van der Waals surface area contributed by atoms with Crippen molar-refractivity contribution in [2.75, 3.05) is 0 Å². The highest BCUT2D eigenvalue weighted by molar-refractivity contribution is 6.35. The van der Waals surface area contributed by atoms with Crippen LogP contribution in [0.5, 0.6) is 5.75 Å². The Kier molecular flexibility index (Phi) is 2.96. The molecule has 3 rings (SSSR count). The average Bonchev–Trinajstić information content (AvgIpc) is 2.67. The molecule has 1 atom stereocenters. The van der Waals surface area contributed by atoms with Crippen LogP contribution in [0.15, 0.2) is 36.4 Å². The lowest BCUT2D eigenvalue weighted by Crippen LogP contribution is -2.06. The Labute approximate surface area is 116 Å². The second kappa shape index (κ2) is 4.49. The smallest absolute Gasteiger partial charge is 0.130 e. The Balaban J connectivity index is 2.16. The molecule has 0 fully saturated rings. The molecule has 2 aromatic carbocycles. The lowest BCUT2D eigenvalue weighted by atomic mass is 10.0. The molecular formula is C15H11Cl2O. The number of rotatable bonds is 1. The van der Waals surface area contributed by atoms with Crippen molar-refractivity contribution in [3.8, 4) is 16.9 Å². The Morgan fingerprint density at radius 2 is 1.83 bits per heavy atom. The first-order valence-corrected chi connectivity index (χ1v) is 6.47. The lowest BCUT2D eigenvalue weighted by Gasteiger charge is -2.10. The summed E-state index contributed by atoms with van der Waals surface area (Å²) in [5, 5.41) is 1.25. The predicted octanol–water partition coefficient (Wildman–Crippen LogP) is 4.80. The van der Waals surface area contributed by atoms with E-state index in [0.29, 0.717) is 10.0 Å². The van der Waals surface area contributed by atoms with E-state index >= 15 is 0 Å². The van der Waals surface area contributed by atoms with Crippen LogP contribution in [0.3, 0.4) is 0 Å². The largest absolute Gasteiger partial charge is 0.489 e. The van der Waals surface area contributed by atoms with E-state index in [-0.39, 0.29) is 6.10 Å². The van der Waals surface area contributed by atoms with Gasteiger partial charge in [-0.2, -0.15) is 0 Å². The van der Waals surface area contributed by atoms with E-state index in [1.54, 1.807) is 6.07 Å². The highest BCUT2D eigenvalue weighted by Crippen LogP contribution is 2.40. The molecular weight excluding hydrogens is 267 g/mol. The summed E-state index contributed by atoms with van der Waals surface area (Å²) in [7, 11) is 0. The molecule has 1 unspecified atom stereocenters. The van der Waals surface area contributed by atoms with E-state index in [1.807, 2.05) is 24.3 Å². The summed E-state index contributed by atoms with van der Waals surface area (Å²) in [6, 6.07) is 11.6. The molecule has 3 heteroatoms. The summed E-state index contributed by atoms with van der Waals surface area (Å²) < 4.78 is 5.77. The van der Waals surface area contributed by atoms with Crippen LogP contribution in [0.4, 0.5) is 0 Å². The van der Waals surface area contributed by atoms with E-state index in [2.05, 4.69) is 13.0 Å². The minimum absolute atomic E-state index is 0.0178. The number of hydrogen-bond donors (Lipinski definition) is 0. The number of ether oxygens (including phenoxy) is 1. The van der Waals surface area contributed by atoms with Crippen molar-refractivity contribution in [1.29, 1.82) is 0 Å². The summed E-state index contributed by atoms with van der Waals surface area (Å²) in [6.45, 7) is 3.95. The Hall–Kier alpha value is -1.18. The Bertz CT molecular complexity index is 587. The highest BCUT2D eigenvalue weighted by Gasteiger charge is 2.22. The molecule has 1 heterocycles. The van der Waals surface area contributed by atoms with Gasteiger partial charge >= 0.3 is 0 Å². The third kappa shape index (κ3) is 2.09. The molecule has 0 amide bonds. The van der Waals surface area contributed by atoms with Gasteiger partial charge in [-0.25, -0.2) is 0 Å². The molecule has 1 nitrogen and oxygen atoms in total. The van der Waals surface area contributed by atoms with Crippen LogP contribution in [0.25, 0.3) is 11.1 Å². The quantitative estimate of drug-likeness (QED) is 0.728. The molecule has 18 heavy (non-hydrogen) atoms. The van der Waals surface area contributed by atoms with Gasteiger partial charge in [0.15, 0.2) is 0 Å². The fourth-order valence-electron chi connectivity index (χ4n) is 2.28. The number of hydrogen-bond acceptors (Lipinski definition) is 1. The Morgan fingerprint density at radius 3 is 2.56 bits per heavy atom. The fourth-order valence-corrected chi connectivity index (χ4v) is 2.80. The maximum Gasteiger partial charge on any atom is 0.130 e. The monoisotopic (exact) mass is 277 g/mol. The van der Waals surface area contributed by atoms with Crippen LogP contribution in [0.2, 0.25) is 10.0 Å². The molecule has 2 aromatic rings. The van der Waals surface area contributed by atoms with Crippen LogP contribution < -0.4 is 4.74 Å². The first-order chi connectivity index (χ1) is 8.63. The summed E-state index contributed by atoms with van der Waals surface area (Å²) in [6.07, 6.45) is 0.827. The van der Waals surface area contributed by atoms with E-state index < -0.39 is 0 Å². The third-order valence-electron chi connectivity index (χ3n) is 3.00. The number of fused-ring (bicyclic) bond motifs is 1. The minimum atomic E-state index is -0.0178. The number of benzene rings is 2. The molecule has 0 saturated heterocycles. The molecule has 0 aromatic heterocycles. The van der Waals surface area contributed by atoms with Crippen LogP contribution in [-0.4, -0.2) is 6.10 Å². The normalized spacial score (nSPS) is 17.4. The van der Waals surface area contributed by atoms with E-state index in [4.69, 9.17) is 27.9 Å². The van der Waals surface area contributed by atoms with Gasteiger partial charge in [-0.05, 0) is 36.2 Å². The molecule has 0 N–H and O–H groups in total. The standard InChI is InChI=1S/C15H11Cl2O/c1-9-5-10-3-2-4-14(15(10)18-9)11-6-12(16)8-13(17)7-11/h2-4,6-9H,1,5H2. The van der Waals surface area contributed by atoms with E-state index in [0.717, 1.165) is 23.3 Å². The molecule has 0 spiro atoms. The van der Waals surface area contributed by atoms with Gasteiger partial charge < -0.3 is 4.74 Å². The third-order valence-corrected chi connectivity index (χ3v) is 3.44. The van der Waals surface area contributed by atoms with Crippen molar-refractivity contribution in [2.45, 2.75) is 12.5 Å². The second-order valence-corrected chi connectivity index (χ2v) is 5.27. The topological polar surface area (TPSA) is 9.23 Å². The molecule has 0 saturated carbocycles. The summed E-state index contributed by atoms with van der Waals surface area (Å²) in [5.74, 6) is 0.899. The minimum Gasteiger partial charge on any atom is -0.489 e. The summed E-state index contributed by atoms with van der Waals surface area (Å²) >= 11 is 12.1. The van der Waals surface area contributed by atoms with Crippen molar-refractivity contribution in [1.82, 2.24) is 0 Å². The molecule has 1 aliphatic rings. The van der Waals surface area contributed by atoms with Gasteiger partial charge in [0.2, 0.25) is 0 Å². The molecule has 1 aliphatic heterocycles. The molecule has 1 radical (unpaired) electrons. The highest BCUT2D eigenvalue weighted by atomic mass is 35.5. The maximum absolute atomic E-state index is 6.04. The van der Waals surface area contributed by atoms with Crippen molar-refractivity contribution in [2.24, 2.45) is 0 Å². The molecule has 0 aliphatic carbocycles. The second-order valence-electron chi connectivity index (χ2n) is 4.40. The lowest BCUT2D eigenvalue weighted by molar-refractivity contribution is 0.282. The predicted molar refractivity (Wildman–Crippen MR) is 75.4 cm³/mol. The first-order valence-electron chi connectivity index (χ1n) is 5.71. The fraction of sp³-hybridized carbons (Fsp3) is 0.133. The van der Waals surface area contributed by atoms with Gasteiger partial charge in [0.1, 0.15) is 11.9 Å². The van der Waals surface area contributed by atoms with Gasteiger partial charge in [0.25, 0.3) is 0 Å². The van der Waals surface area contributed by atoms with Gasteiger partial charge in [0.05, 0.1) is 0 Å². The Morgan fingerprint density at radius 1 is 1.11 bits per heavy atom. The molecule has 0 bridgehead atoms. The van der Waals surface area contributed by atoms with E-state index in [9.17, 15) is 0 Å². The van der Waals surface area contributed by atoms with Crippen molar-refractivity contribution < 1.29 is 4.74 Å². The zero-order valence-electron chi connectivity index (χ0n) is 9.62. The van der Waals surface area contributed by atoms with Crippen LogP contribution in [0, 0.1) is 6.92 Å². The van der Waals surface area contributed by atoms with Crippen molar-refractivity contribution in [3.63, 3.8) is 0 Å². The van der Waals surface area contributed by atoms with Crippen LogP contribution in [-0.2, 0) is 6.42 Å². The van der Waals surface area contributed by atoms with E-state index in [1.165, 1.54) is 5.56 Å². The zero-order valence-corrected chi connectivity index (χ0v) is 11.1. The van der Waals surface area contributed by atoms with Crippen LogP contribution >= 0.6 is 23.2 Å². The van der Waals surface area contributed by atoms with Gasteiger partial charge in [-0.1, -0.05) is 41.4 Å². The van der Waals surface area contributed by atoms with Gasteiger partial charge in [-0.15, -0.1) is 0 Å². The summed E-state index contributed by atoms with van der Waals surface area (Å²) in [4.78, 5) is 0.